The summed E-state index contributed by atoms with van der Waals surface area (Å²) in [6.45, 7) is 3.38. The number of pyridine rings is 1. The van der Waals surface area contributed by atoms with Crippen LogP contribution in [0.1, 0.15) is 22.8 Å². The maximum absolute atomic E-state index is 12.7. The Hall–Kier alpha value is -2.40. The van der Waals surface area contributed by atoms with Crippen LogP contribution in [0.3, 0.4) is 0 Å². The summed E-state index contributed by atoms with van der Waals surface area (Å²) in [4.78, 5) is 18.8. The van der Waals surface area contributed by atoms with Gasteiger partial charge in [0.05, 0.1) is 11.7 Å². The fraction of sp³-hybridized carbons (Fsp3) is 0.333. The van der Waals surface area contributed by atoms with Gasteiger partial charge in [-0.3, -0.25) is 4.79 Å². The van der Waals surface area contributed by atoms with E-state index in [0.29, 0.717) is 12.1 Å². The van der Waals surface area contributed by atoms with Crippen LogP contribution in [0.15, 0.2) is 42.6 Å². The highest BCUT2D eigenvalue weighted by molar-refractivity contribution is 6.07. The molecular weight excluding hydrogens is 290 g/mol. The smallest absolute Gasteiger partial charge is 0.259 e. The molecule has 3 rings (SSSR count). The first-order chi connectivity index (χ1) is 11.2. The molecule has 0 aliphatic carbocycles. The van der Waals surface area contributed by atoms with Gasteiger partial charge in [-0.1, -0.05) is 18.2 Å². The molecule has 23 heavy (non-hydrogen) atoms. The predicted octanol–water partition coefficient (Wildman–Crippen LogP) is 2.73. The molecule has 1 aromatic carbocycles. The third kappa shape index (κ3) is 3.35. The second kappa shape index (κ2) is 6.79. The number of para-hydroxylation sites is 1. The fourth-order valence-electron chi connectivity index (χ4n) is 2.66. The zero-order valence-electron chi connectivity index (χ0n) is 13.5. The van der Waals surface area contributed by atoms with E-state index in [1.54, 1.807) is 13.3 Å². The summed E-state index contributed by atoms with van der Waals surface area (Å²) in [5.74, 6) is 0.742. The quantitative estimate of drug-likeness (QED) is 0.922. The molecule has 1 amide bonds. The molecule has 0 saturated heterocycles. The summed E-state index contributed by atoms with van der Waals surface area (Å²) >= 11 is 0. The molecule has 0 saturated carbocycles. The average Bonchev–Trinajstić information content (AvgIpc) is 3.03. The zero-order valence-corrected chi connectivity index (χ0v) is 13.5. The van der Waals surface area contributed by atoms with Crippen molar-refractivity contribution in [1.82, 2.24) is 4.98 Å². The minimum absolute atomic E-state index is 0.000686. The summed E-state index contributed by atoms with van der Waals surface area (Å²) in [6.07, 6.45) is 2.65. The minimum atomic E-state index is -0.000686. The average molecular weight is 311 g/mol. The third-order valence-electron chi connectivity index (χ3n) is 4.12. The predicted molar refractivity (Wildman–Crippen MR) is 91.0 cm³/mol. The first-order valence-corrected chi connectivity index (χ1v) is 7.81. The normalized spacial score (nSPS) is 14.4. The fourth-order valence-corrected chi connectivity index (χ4v) is 2.66. The van der Waals surface area contributed by atoms with Crippen molar-refractivity contribution in [3.8, 4) is 0 Å². The lowest BCUT2D eigenvalue weighted by Crippen LogP contribution is -2.29. The Labute approximate surface area is 136 Å². The van der Waals surface area contributed by atoms with E-state index in [9.17, 15) is 4.79 Å². The Morgan fingerprint density at radius 3 is 2.91 bits per heavy atom. The summed E-state index contributed by atoms with van der Waals surface area (Å²) in [5.41, 5.74) is 2.83. The van der Waals surface area contributed by atoms with Crippen LogP contribution in [0.4, 0.5) is 11.5 Å². The van der Waals surface area contributed by atoms with Crippen molar-refractivity contribution in [3.63, 3.8) is 0 Å². The molecule has 1 aliphatic heterocycles. The summed E-state index contributed by atoms with van der Waals surface area (Å²) in [6, 6.07) is 11.7. The van der Waals surface area contributed by atoms with Crippen molar-refractivity contribution in [3.05, 3.63) is 53.7 Å². The SMILES string of the molecule is COC(C)CNc1ccc(C(=O)N2CCc3ccccc32)cn1. The largest absolute Gasteiger partial charge is 0.380 e. The van der Waals surface area contributed by atoms with Crippen LogP contribution < -0.4 is 10.2 Å². The number of amides is 1. The van der Waals surface area contributed by atoms with Gasteiger partial charge in [0, 0.05) is 32.1 Å². The van der Waals surface area contributed by atoms with Gasteiger partial charge in [0.25, 0.3) is 5.91 Å². The number of hydrogen-bond donors (Lipinski definition) is 1. The maximum Gasteiger partial charge on any atom is 0.259 e. The second-order valence-electron chi connectivity index (χ2n) is 5.69. The van der Waals surface area contributed by atoms with E-state index in [1.165, 1.54) is 5.56 Å². The molecule has 5 heteroatoms. The molecule has 1 unspecified atom stereocenters. The van der Waals surface area contributed by atoms with E-state index < -0.39 is 0 Å². The van der Waals surface area contributed by atoms with Gasteiger partial charge < -0.3 is 15.0 Å². The van der Waals surface area contributed by atoms with E-state index in [2.05, 4.69) is 16.4 Å². The highest BCUT2D eigenvalue weighted by Crippen LogP contribution is 2.28. The molecule has 0 spiro atoms. The minimum Gasteiger partial charge on any atom is -0.380 e. The topological polar surface area (TPSA) is 54.5 Å². The molecule has 0 fully saturated rings. The van der Waals surface area contributed by atoms with E-state index >= 15 is 0 Å². The van der Waals surface area contributed by atoms with Crippen molar-refractivity contribution in [1.29, 1.82) is 0 Å². The lowest BCUT2D eigenvalue weighted by atomic mass is 10.2. The number of methoxy groups -OCH3 is 1. The van der Waals surface area contributed by atoms with Crippen molar-refractivity contribution >= 4 is 17.4 Å². The molecule has 120 valence electrons. The Bertz CT molecular complexity index is 685. The van der Waals surface area contributed by atoms with Crippen molar-refractivity contribution in [2.24, 2.45) is 0 Å². The third-order valence-corrected chi connectivity index (χ3v) is 4.12. The van der Waals surface area contributed by atoms with Gasteiger partial charge in [0.1, 0.15) is 5.82 Å². The van der Waals surface area contributed by atoms with Crippen molar-refractivity contribution in [2.45, 2.75) is 19.4 Å². The molecule has 1 aromatic heterocycles. The summed E-state index contributed by atoms with van der Waals surface area (Å²) < 4.78 is 5.18. The molecule has 5 nitrogen and oxygen atoms in total. The van der Waals surface area contributed by atoms with Crippen LogP contribution >= 0.6 is 0 Å². The molecule has 1 atom stereocenters. The second-order valence-corrected chi connectivity index (χ2v) is 5.69. The van der Waals surface area contributed by atoms with E-state index in [1.807, 2.05) is 42.2 Å². The Morgan fingerprint density at radius 2 is 2.17 bits per heavy atom. The number of fused-ring (bicyclic) bond motifs is 1. The lowest BCUT2D eigenvalue weighted by Gasteiger charge is -2.17. The molecule has 0 bridgehead atoms. The van der Waals surface area contributed by atoms with Gasteiger partial charge in [0.15, 0.2) is 0 Å². The van der Waals surface area contributed by atoms with Crippen LogP contribution in [0.2, 0.25) is 0 Å². The monoisotopic (exact) mass is 311 g/mol. The lowest BCUT2D eigenvalue weighted by molar-refractivity contribution is 0.0989. The number of aromatic nitrogens is 1. The highest BCUT2D eigenvalue weighted by atomic mass is 16.5. The molecule has 2 heterocycles. The summed E-state index contributed by atoms with van der Waals surface area (Å²) in [5, 5.41) is 3.19. The number of nitrogens with zero attached hydrogens (tertiary/aromatic N) is 2. The highest BCUT2D eigenvalue weighted by Gasteiger charge is 2.25. The van der Waals surface area contributed by atoms with Gasteiger partial charge in [0.2, 0.25) is 0 Å². The van der Waals surface area contributed by atoms with Crippen LogP contribution in [-0.2, 0) is 11.2 Å². The number of nitrogens with one attached hydrogen (secondary N) is 1. The standard InChI is InChI=1S/C18H21N3O2/c1-13(23-2)11-19-17-8-7-15(12-20-17)18(22)21-10-9-14-5-3-4-6-16(14)21/h3-8,12-13H,9-11H2,1-2H3,(H,19,20). The van der Waals surface area contributed by atoms with Gasteiger partial charge in [-0.2, -0.15) is 0 Å². The zero-order chi connectivity index (χ0) is 16.2. The van der Waals surface area contributed by atoms with Gasteiger partial charge >= 0.3 is 0 Å². The molecule has 2 aromatic rings. The van der Waals surface area contributed by atoms with Crippen LogP contribution in [0.25, 0.3) is 0 Å². The molecular formula is C18H21N3O2. The number of hydrogen-bond acceptors (Lipinski definition) is 4. The molecule has 1 N–H and O–H groups in total. The van der Waals surface area contributed by atoms with Crippen LogP contribution in [0.5, 0.6) is 0 Å². The van der Waals surface area contributed by atoms with E-state index in [0.717, 1.165) is 24.5 Å². The molecule has 0 radical (unpaired) electrons. The first kappa shape index (κ1) is 15.5. The number of carbonyl (C=O) groups is 1. The first-order valence-electron chi connectivity index (χ1n) is 7.81. The number of anilines is 2. The van der Waals surface area contributed by atoms with Crippen molar-refractivity contribution < 1.29 is 9.53 Å². The number of carbonyl (C=O) groups excluding carboxylic acids is 1. The van der Waals surface area contributed by atoms with Gasteiger partial charge in [-0.25, -0.2) is 4.98 Å². The Balaban J connectivity index is 1.69. The van der Waals surface area contributed by atoms with Crippen LogP contribution in [0, 0.1) is 0 Å². The maximum atomic E-state index is 12.7. The van der Waals surface area contributed by atoms with Gasteiger partial charge in [-0.05, 0) is 37.1 Å². The van der Waals surface area contributed by atoms with E-state index in [4.69, 9.17) is 4.74 Å². The number of benzene rings is 1. The van der Waals surface area contributed by atoms with Crippen LogP contribution in [-0.4, -0.2) is 37.2 Å². The number of ether oxygens (including phenoxy) is 1. The Morgan fingerprint density at radius 1 is 1.35 bits per heavy atom. The summed E-state index contributed by atoms with van der Waals surface area (Å²) in [7, 11) is 1.68. The van der Waals surface area contributed by atoms with Gasteiger partial charge in [-0.15, -0.1) is 0 Å². The van der Waals surface area contributed by atoms with E-state index in [-0.39, 0.29) is 12.0 Å². The molecule has 1 aliphatic rings. The van der Waals surface area contributed by atoms with Crippen molar-refractivity contribution in [2.75, 3.05) is 30.4 Å². The number of rotatable bonds is 5. The Kier molecular flexibility index (Phi) is 4.57.